The van der Waals surface area contributed by atoms with E-state index in [1.165, 1.54) is 10.4 Å². The third kappa shape index (κ3) is 5.00. The predicted octanol–water partition coefficient (Wildman–Crippen LogP) is 0.673. The summed E-state index contributed by atoms with van der Waals surface area (Å²) in [4.78, 5) is 0.0908. The van der Waals surface area contributed by atoms with Gasteiger partial charge in [0.25, 0.3) is 0 Å². The van der Waals surface area contributed by atoms with Gasteiger partial charge in [0.1, 0.15) is 23.4 Å². The van der Waals surface area contributed by atoms with Crippen LogP contribution in [0, 0.1) is 17.8 Å². The first kappa shape index (κ1) is 21.7. The molecule has 2 rings (SSSR count). The van der Waals surface area contributed by atoms with E-state index in [0.717, 1.165) is 0 Å². The van der Waals surface area contributed by atoms with Crippen LogP contribution < -0.4 is 10.1 Å². The van der Waals surface area contributed by atoms with Crippen molar-refractivity contribution in [2.45, 2.75) is 30.9 Å². The molecule has 0 saturated heterocycles. The minimum Gasteiger partial charge on any atom is -0.487 e. The van der Waals surface area contributed by atoms with Crippen molar-refractivity contribution in [1.82, 2.24) is 9.62 Å². The average Bonchev–Trinajstić information content (AvgIpc) is 2.64. The van der Waals surface area contributed by atoms with Gasteiger partial charge in [-0.1, -0.05) is 18.8 Å². The topological polar surface area (TPSA) is 88.1 Å². The Bertz CT molecular complexity index is 800. The molecule has 1 aliphatic heterocycles. The van der Waals surface area contributed by atoms with Gasteiger partial charge in [-0.2, -0.15) is 4.31 Å². The molecule has 1 heterocycles. The highest BCUT2D eigenvalue weighted by atomic mass is 32.2. The van der Waals surface area contributed by atoms with Gasteiger partial charge in [0, 0.05) is 37.7 Å². The summed E-state index contributed by atoms with van der Waals surface area (Å²) >= 11 is 0. The Kier molecular flexibility index (Phi) is 7.65. The van der Waals surface area contributed by atoms with Crippen LogP contribution in [0.5, 0.6) is 5.75 Å². The maximum atomic E-state index is 13.2. The van der Waals surface area contributed by atoms with E-state index in [0.29, 0.717) is 12.1 Å². The van der Waals surface area contributed by atoms with E-state index >= 15 is 0 Å². The third-order valence-corrected chi connectivity index (χ3v) is 6.54. The molecule has 0 spiro atoms. The Morgan fingerprint density at radius 2 is 2.22 bits per heavy atom. The molecular weight excluding hydrogens is 368 g/mol. The number of aliphatic hydroxyl groups excluding tert-OH is 1. The zero-order chi connectivity index (χ0) is 20.0. The summed E-state index contributed by atoms with van der Waals surface area (Å²) in [5, 5.41) is 12.7. The number of nitrogens with one attached hydrogen (secondary N) is 1. The Labute approximate surface area is 161 Å². The molecule has 1 aliphatic rings. The van der Waals surface area contributed by atoms with Gasteiger partial charge in [0.05, 0.1) is 6.61 Å². The molecular formula is C19H28N2O5S. The number of benzene rings is 1. The Morgan fingerprint density at radius 1 is 1.48 bits per heavy atom. The first-order chi connectivity index (χ1) is 12.8. The summed E-state index contributed by atoms with van der Waals surface area (Å²) in [5.74, 6) is 6.01. The fraction of sp³-hybridized carbons (Fsp3) is 0.579. The van der Waals surface area contributed by atoms with Crippen LogP contribution in [-0.2, 0) is 14.8 Å². The van der Waals surface area contributed by atoms with Crippen LogP contribution in [0.25, 0.3) is 0 Å². The summed E-state index contributed by atoms with van der Waals surface area (Å²) in [6.07, 6.45) is -0.222. The first-order valence-corrected chi connectivity index (χ1v) is 10.3. The SMILES string of the molecule is CNC[C@@H]1Oc2cc(C#CCOC)ccc2S(=O)(=O)N([C@@H](C)CO)C[C@H]1C. The van der Waals surface area contributed by atoms with Crippen LogP contribution in [0.15, 0.2) is 23.1 Å². The van der Waals surface area contributed by atoms with E-state index in [-0.39, 0.29) is 42.4 Å². The lowest BCUT2D eigenvalue weighted by Gasteiger charge is -2.36. The molecule has 0 unspecified atom stereocenters. The molecule has 150 valence electrons. The van der Waals surface area contributed by atoms with Crippen molar-refractivity contribution in [2.75, 3.05) is 40.5 Å². The van der Waals surface area contributed by atoms with Gasteiger partial charge in [0.15, 0.2) is 0 Å². The zero-order valence-corrected chi connectivity index (χ0v) is 17.0. The molecule has 1 aromatic rings. The molecule has 7 nitrogen and oxygen atoms in total. The van der Waals surface area contributed by atoms with E-state index in [4.69, 9.17) is 9.47 Å². The maximum Gasteiger partial charge on any atom is 0.247 e. The van der Waals surface area contributed by atoms with Gasteiger partial charge in [-0.3, -0.25) is 0 Å². The molecule has 0 aromatic heterocycles. The molecule has 0 radical (unpaired) electrons. The summed E-state index contributed by atoms with van der Waals surface area (Å²) in [6, 6.07) is 4.30. The van der Waals surface area contributed by atoms with Gasteiger partial charge in [0.2, 0.25) is 10.0 Å². The maximum absolute atomic E-state index is 13.2. The number of aliphatic hydroxyl groups is 1. The number of fused-ring (bicyclic) bond motifs is 1. The zero-order valence-electron chi connectivity index (χ0n) is 16.2. The number of hydrogen-bond acceptors (Lipinski definition) is 6. The number of rotatable bonds is 5. The van der Waals surface area contributed by atoms with Gasteiger partial charge in [-0.05, 0) is 32.2 Å². The molecule has 0 fully saturated rings. The quantitative estimate of drug-likeness (QED) is 0.712. The lowest BCUT2D eigenvalue weighted by atomic mass is 10.0. The van der Waals surface area contributed by atoms with Crippen molar-refractivity contribution >= 4 is 10.0 Å². The standard InChI is InChI=1S/C19H28N2O5S/c1-14-12-21(15(2)13-22)27(23,24)19-8-7-16(6-5-9-25-4)10-17(19)26-18(14)11-20-3/h7-8,10,14-15,18,20,22H,9,11-13H2,1-4H3/t14-,15+,18+/m1/s1. The molecule has 3 atom stereocenters. The van der Waals surface area contributed by atoms with Crippen molar-refractivity contribution in [3.8, 4) is 17.6 Å². The van der Waals surface area contributed by atoms with Crippen LogP contribution in [0.2, 0.25) is 0 Å². The van der Waals surface area contributed by atoms with E-state index in [1.807, 2.05) is 14.0 Å². The number of hydrogen-bond donors (Lipinski definition) is 2. The minimum absolute atomic E-state index is 0.0717. The monoisotopic (exact) mass is 396 g/mol. The Balaban J connectivity index is 2.56. The van der Waals surface area contributed by atoms with Crippen molar-refractivity contribution in [3.63, 3.8) is 0 Å². The van der Waals surface area contributed by atoms with Gasteiger partial charge >= 0.3 is 0 Å². The van der Waals surface area contributed by atoms with Gasteiger partial charge in [-0.15, -0.1) is 0 Å². The van der Waals surface area contributed by atoms with Gasteiger partial charge < -0.3 is 19.9 Å². The number of ether oxygens (including phenoxy) is 2. The minimum atomic E-state index is -3.81. The molecule has 27 heavy (non-hydrogen) atoms. The summed E-state index contributed by atoms with van der Waals surface area (Å²) in [5.41, 5.74) is 0.652. The van der Waals surface area contributed by atoms with Crippen LogP contribution >= 0.6 is 0 Å². The van der Waals surface area contributed by atoms with Crippen molar-refractivity contribution in [1.29, 1.82) is 0 Å². The van der Waals surface area contributed by atoms with Gasteiger partial charge in [-0.25, -0.2) is 8.42 Å². The molecule has 0 amide bonds. The summed E-state index contributed by atoms with van der Waals surface area (Å²) < 4.78 is 38.8. The highest BCUT2D eigenvalue weighted by Gasteiger charge is 2.37. The fourth-order valence-electron chi connectivity index (χ4n) is 2.96. The van der Waals surface area contributed by atoms with E-state index in [9.17, 15) is 13.5 Å². The number of likely N-dealkylation sites (N-methyl/N-ethyl adjacent to an activating group) is 1. The highest BCUT2D eigenvalue weighted by molar-refractivity contribution is 7.89. The number of nitrogens with zero attached hydrogens (tertiary/aromatic N) is 1. The van der Waals surface area contributed by atoms with Crippen molar-refractivity contribution in [3.05, 3.63) is 23.8 Å². The van der Waals surface area contributed by atoms with Crippen molar-refractivity contribution in [2.24, 2.45) is 5.92 Å². The van der Waals surface area contributed by atoms with Crippen LogP contribution in [0.4, 0.5) is 0 Å². The van der Waals surface area contributed by atoms with E-state index in [2.05, 4.69) is 17.2 Å². The fourth-order valence-corrected chi connectivity index (χ4v) is 4.78. The van der Waals surface area contributed by atoms with E-state index < -0.39 is 16.1 Å². The van der Waals surface area contributed by atoms with Crippen LogP contribution in [-0.4, -0.2) is 70.4 Å². The second-order valence-corrected chi connectivity index (χ2v) is 8.55. The van der Waals surface area contributed by atoms with Crippen LogP contribution in [0.3, 0.4) is 0 Å². The Hall–Kier alpha value is -1.63. The summed E-state index contributed by atoms with van der Waals surface area (Å²) in [6.45, 7) is 4.52. The molecule has 0 aliphatic carbocycles. The predicted molar refractivity (Wildman–Crippen MR) is 103 cm³/mol. The molecule has 1 aromatic carbocycles. The number of methoxy groups -OCH3 is 1. The molecule has 2 N–H and O–H groups in total. The van der Waals surface area contributed by atoms with E-state index in [1.54, 1.807) is 26.2 Å². The lowest BCUT2D eigenvalue weighted by Crippen LogP contribution is -2.49. The highest BCUT2D eigenvalue weighted by Crippen LogP contribution is 2.33. The second-order valence-electron chi connectivity index (χ2n) is 6.69. The summed E-state index contributed by atoms with van der Waals surface area (Å²) in [7, 11) is -0.424. The largest absolute Gasteiger partial charge is 0.487 e. The normalized spacial score (nSPS) is 23.1. The number of sulfonamides is 1. The third-order valence-electron chi connectivity index (χ3n) is 4.52. The molecule has 0 saturated carbocycles. The Morgan fingerprint density at radius 3 is 2.85 bits per heavy atom. The first-order valence-electron chi connectivity index (χ1n) is 8.91. The lowest BCUT2D eigenvalue weighted by molar-refractivity contribution is 0.103. The van der Waals surface area contributed by atoms with Crippen LogP contribution in [0.1, 0.15) is 19.4 Å². The second kappa shape index (κ2) is 9.53. The molecule has 8 heteroatoms. The van der Waals surface area contributed by atoms with Crippen molar-refractivity contribution < 1.29 is 23.0 Å². The average molecular weight is 397 g/mol. The smallest absolute Gasteiger partial charge is 0.247 e. The molecule has 0 bridgehead atoms.